The van der Waals surface area contributed by atoms with Crippen LogP contribution in [-0.2, 0) is 14.6 Å². The van der Waals surface area contributed by atoms with Crippen molar-refractivity contribution in [1.29, 1.82) is 0 Å². The molecule has 2 rings (SSSR count). The number of sulfone groups is 1. The van der Waals surface area contributed by atoms with Crippen molar-refractivity contribution in [2.45, 2.75) is 24.7 Å². The largest absolute Gasteiger partial charge is 0.481 e. The first kappa shape index (κ1) is 14.8. The van der Waals surface area contributed by atoms with E-state index in [9.17, 15) is 18.3 Å². The van der Waals surface area contributed by atoms with Crippen molar-refractivity contribution in [2.75, 3.05) is 24.2 Å². The van der Waals surface area contributed by atoms with Crippen molar-refractivity contribution in [2.24, 2.45) is 5.41 Å². The molecule has 110 valence electrons. The van der Waals surface area contributed by atoms with Crippen LogP contribution < -0.4 is 4.90 Å². The predicted molar refractivity (Wildman–Crippen MR) is 74.5 cm³/mol. The number of anilines is 1. The number of rotatable bonds is 3. The standard InChI is InChI=1S/C13H18N2O4S/c1-13(12(16)17)6-4-8-15(9-13)11-10(20(2,18)19)5-3-7-14-11/h3,5,7H,4,6,8-9H2,1-2H3,(H,16,17). The third-order valence-electron chi connectivity index (χ3n) is 3.66. The molecule has 2 heterocycles. The summed E-state index contributed by atoms with van der Waals surface area (Å²) in [6.45, 7) is 2.56. The highest BCUT2D eigenvalue weighted by Crippen LogP contribution is 2.33. The van der Waals surface area contributed by atoms with Gasteiger partial charge in [-0.1, -0.05) is 0 Å². The molecular weight excluding hydrogens is 280 g/mol. The second kappa shape index (κ2) is 5.05. The summed E-state index contributed by atoms with van der Waals surface area (Å²) in [5.74, 6) is -0.513. The Morgan fingerprint density at radius 3 is 2.80 bits per heavy atom. The number of carboxylic acid groups (broad SMARTS) is 1. The fourth-order valence-corrected chi connectivity index (χ4v) is 3.34. The molecule has 1 aromatic heterocycles. The van der Waals surface area contributed by atoms with E-state index in [0.29, 0.717) is 25.2 Å². The number of nitrogens with zero attached hydrogens (tertiary/aromatic N) is 2. The van der Waals surface area contributed by atoms with Crippen LogP contribution in [0.5, 0.6) is 0 Å². The highest BCUT2D eigenvalue weighted by molar-refractivity contribution is 7.90. The van der Waals surface area contributed by atoms with Crippen LogP contribution in [0.15, 0.2) is 23.2 Å². The number of carbonyl (C=O) groups is 1. The Morgan fingerprint density at radius 1 is 1.50 bits per heavy atom. The Hall–Kier alpha value is -1.63. The van der Waals surface area contributed by atoms with E-state index in [4.69, 9.17) is 0 Å². The zero-order chi connectivity index (χ0) is 15.0. The molecule has 1 fully saturated rings. The summed E-state index contributed by atoms with van der Waals surface area (Å²) < 4.78 is 23.6. The molecule has 1 saturated heterocycles. The third-order valence-corrected chi connectivity index (χ3v) is 4.78. The summed E-state index contributed by atoms with van der Waals surface area (Å²) in [6, 6.07) is 3.07. The number of piperidine rings is 1. The molecule has 1 N–H and O–H groups in total. The van der Waals surface area contributed by atoms with Crippen LogP contribution >= 0.6 is 0 Å². The lowest BCUT2D eigenvalue weighted by atomic mass is 9.82. The highest BCUT2D eigenvalue weighted by atomic mass is 32.2. The van der Waals surface area contributed by atoms with E-state index < -0.39 is 21.2 Å². The average Bonchev–Trinajstić information content (AvgIpc) is 2.37. The fourth-order valence-electron chi connectivity index (χ4n) is 2.50. The van der Waals surface area contributed by atoms with E-state index >= 15 is 0 Å². The minimum absolute atomic E-state index is 0.148. The van der Waals surface area contributed by atoms with Gasteiger partial charge in [0.1, 0.15) is 10.7 Å². The van der Waals surface area contributed by atoms with Gasteiger partial charge in [0.25, 0.3) is 0 Å². The van der Waals surface area contributed by atoms with E-state index in [-0.39, 0.29) is 11.4 Å². The third kappa shape index (κ3) is 2.77. The smallest absolute Gasteiger partial charge is 0.311 e. The molecule has 1 atom stereocenters. The SMILES string of the molecule is CC1(C(=O)O)CCCN(c2ncccc2S(C)(=O)=O)C1. The monoisotopic (exact) mass is 298 g/mol. The van der Waals surface area contributed by atoms with Crippen molar-refractivity contribution in [3.8, 4) is 0 Å². The van der Waals surface area contributed by atoms with Gasteiger partial charge in [0.15, 0.2) is 9.84 Å². The van der Waals surface area contributed by atoms with Gasteiger partial charge >= 0.3 is 5.97 Å². The lowest BCUT2D eigenvalue weighted by Crippen LogP contribution is -2.46. The average molecular weight is 298 g/mol. The lowest BCUT2D eigenvalue weighted by molar-refractivity contribution is -0.148. The molecule has 0 bridgehead atoms. The molecule has 1 aliphatic heterocycles. The molecule has 1 aliphatic rings. The van der Waals surface area contributed by atoms with Gasteiger partial charge in [0.2, 0.25) is 0 Å². The first-order valence-corrected chi connectivity index (χ1v) is 8.27. The summed E-state index contributed by atoms with van der Waals surface area (Å²) in [7, 11) is -3.39. The molecule has 0 radical (unpaired) electrons. The molecule has 20 heavy (non-hydrogen) atoms. The molecule has 0 aliphatic carbocycles. The second-order valence-electron chi connectivity index (χ2n) is 5.49. The van der Waals surface area contributed by atoms with Gasteiger partial charge < -0.3 is 10.0 Å². The van der Waals surface area contributed by atoms with E-state index in [2.05, 4.69) is 4.98 Å². The molecular formula is C13H18N2O4S. The van der Waals surface area contributed by atoms with Gasteiger partial charge in [0, 0.05) is 25.5 Å². The summed E-state index contributed by atoms with van der Waals surface area (Å²) in [4.78, 5) is 17.4. The van der Waals surface area contributed by atoms with Gasteiger partial charge in [-0.05, 0) is 31.9 Å². The number of pyridine rings is 1. The van der Waals surface area contributed by atoms with Crippen LogP contribution in [0.2, 0.25) is 0 Å². The summed E-state index contributed by atoms with van der Waals surface area (Å²) in [6.07, 6.45) is 3.94. The Balaban J connectivity index is 2.40. The van der Waals surface area contributed by atoms with Crippen LogP contribution in [0.1, 0.15) is 19.8 Å². The zero-order valence-corrected chi connectivity index (χ0v) is 12.4. The van der Waals surface area contributed by atoms with Crippen LogP contribution in [0.25, 0.3) is 0 Å². The second-order valence-corrected chi connectivity index (χ2v) is 7.47. The minimum Gasteiger partial charge on any atom is -0.481 e. The molecule has 0 spiro atoms. The van der Waals surface area contributed by atoms with E-state index in [1.54, 1.807) is 17.9 Å². The first-order chi connectivity index (χ1) is 9.24. The highest BCUT2D eigenvalue weighted by Gasteiger charge is 2.39. The van der Waals surface area contributed by atoms with Crippen molar-refractivity contribution < 1.29 is 18.3 Å². The quantitative estimate of drug-likeness (QED) is 0.901. The van der Waals surface area contributed by atoms with Crippen molar-refractivity contribution in [3.63, 3.8) is 0 Å². The van der Waals surface area contributed by atoms with Crippen LogP contribution in [-0.4, -0.2) is 43.8 Å². The molecule has 0 saturated carbocycles. The fraction of sp³-hybridized carbons (Fsp3) is 0.538. The molecule has 7 heteroatoms. The van der Waals surface area contributed by atoms with Gasteiger partial charge in [-0.3, -0.25) is 4.79 Å². The summed E-state index contributed by atoms with van der Waals surface area (Å²) >= 11 is 0. The lowest BCUT2D eigenvalue weighted by Gasteiger charge is -2.38. The number of aliphatic carboxylic acids is 1. The number of hydrogen-bond acceptors (Lipinski definition) is 5. The Morgan fingerprint density at radius 2 is 2.20 bits per heavy atom. The van der Waals surface area contributed by atoms with E-state index in [1.165, 1.54) is 12.3 Å². The molecule has 1 unspecified atom stereocenters. The normalized spacial score (nSPS) is 23.6. The molecule has 0 aromatic carbocycles. The number of aromatic nitrogens is 1. The maximum absolute atomic E-state index is 11.8. The van der Waals surface area contributed by atoms with Gasteiger partial charge in [-0.15, -0.1) is 0 Å². The number of hydrogen-bond donors (Lipinski definition) is 1. The summed E-state index contributed by atoms with van der Waals surface area (Å²) in [5, 5.41) is 9.33. The van der Waals surface area contributed by atoms with Crippen LogP contribution in [0.3, 0.4) is 0 Å². The summed E-state index contributed by atoms with van der Waals surface area (Å²) in [5.41, 5.74) is -0.870. The topological polar surface area (TPSA) is 87.6 Å². The van der Waals surface area contributed by atoms with Crippen molar-refractivity contribution in [3.05, 3.63) is 18.3 Å². The van der Waals surface area contributed by atoms with E-state index in [1.807, 2.05) is 0 Å². The van der Waals surface area contributed by atoms with E-state index in [0.717, 1.165) is 6.26 Å². The Labute approximate surface area is 118 Å². The van der Waals surface area contributed by atoms with Crippen LogP contribution in [0, 0.1) is 5.41 Å². The molecule has 1 aromatic rings. The van der Waals surface area contributed by atoms with Crippen molar-refractivity contribution >= 4 is 21.6 Å². The number of carboxylic acids is 1. The van der Waals surface area contributed by atoms with Gasteiger partial charge in [0.05, 0.1) is 5.41 Å². The van der Waals surface area contributed by atoms with Gasteiger partial charge in [-0.2, -0.15) is 0 Å². The zero-order valence-electron chi connectivity index (χ0n) is 11.5. The Kier molecular flexibility index (Phi) is 3.73. The first-order valence-electron chi connectivity index (χ1n) is 6.37. The molecule has 0 amide bonds. The predicted octanol–water partition coefficient (Wildman–Crippen LogP) is 1.18. The minimum atomic E-state index is -3.39. The molecule has 6 nitrogen and oxygen atoms in total. The van der Waals surface area contributed by atoms with Crippen LogP contribution in [0.4, 0.5) is 5.82 Å². The Bertz CT molecular complexity index is 629. The van der Waals surface area contributed by atoms with Crippen molar-refractivity contribution in [1.82, 2.24) is 4.98 Å². The van der Waals surface area contributed by atoms with Gasteiger partial charge in [-0.25, -0.2) is 13.4 Å². The maximum atomic E-state index is 11.8. The maximum Gasteiger partial charge on any atom is 0.311 e.